The Morgan fingerprint density at radius 2 is 1.85 bits per heavy atom. The van der Waals surface area contributed by atoms with E-state index in [4.69, 9.17) is 16.3 Å². The SMILES string of the molecule is COCCN1CC(NC(=O)Nc2c(Cl)c(-c3ccncc3)nn2-c2ccccc2)C(c2ccc(F)c(F)c2)C1. The lowest BCUT2D eigenvalue weighted by atomic mass is 9.94. The Kier molecular flexibility index (Phi) is 8.16. The molecule has 0 aliphatic carbocycles. The van der Waals surface area contributed by atoms with Crippen molar-refractivity contribution in [1.82, 2.24) is 25.0 Å². The Hall–Kier alpha value is -3.86. The maximum absolute atomic E-state index is 14.1. The fourth-order valence-corrected chi connectivity index (χ4v) is 5.06. The number of nitrogens with one attached hydrogen (secondary N) is 2. The van der Waals surface area contributed by atoms with E-state index in [-0.39, 0.29) is 17.0 Å². The number of halogens is 3. The van der Waals surface area contributed by atoms with Gasteiger partial charge in [0.05, 0.1) is 18.3 Å². The molecule has 202 valence electrons. The minimum atomic E-state index is -0.923. The molecular formula is C28H27ClF2N6O2. The third-order valence-electron chi connectivity index (χ3n) is 6.71. The lowest BCUT2D eigenvalue weighted by Gasteiger charge is -2.21. The minimum Gasteiger partial charge on any atom is -0.383 e. The largest absolute Gasteiger partial charge is 0.383 e. The second kappa shape index (κ2) is 11.9. The molecule has 2 amide bonds. The number of amides is 2. The quantitative estimate of drug-likeness (QED) is 0.318. The monoisotopic (exact) mass is 552 g/mol. The van der Waals surface area contributed by atoms with Crippen LogP contribution in [0.25, 0.3) is 16.9 Å². The van der Waals surface area contributed by atoms with E-state index in [1.54, 1.807) is 42.4 Å². The molecule has 0 saturated carbocycles. The van der Waals surface area contributed by atoms with Gasteiger partial charge in [0.1, 0.15) is 10.7 Å². The van der Waals surface area contributed by atoms with Crippen LogP contribution in [0.5, 0.6) is 0 Å². The topological polar surface area (TPSA) is 84.3 Å². The van der Waals surface area contributed by atoms with Gasteiger partial charge in [-0.15, -0.1) is 0 Å². The maximum atomic E-state index is 14.1. The molecule has 1 aliphatic heterocycles. The second-order valence-electron chi connectivity index (χ2n) is 9.23. The molecule has 2 unspecified atom stereocenters. The molecule has 2 N–H and O–H groups in total. The molecule has 11 heteroatoms. The number of anilines is 1. The third kappa shape index (κ3) is 5.93. The summed E-state index contributed by atoms with van der Waals surface area (Å²) in [5, 5.41) is 10.8. The van der Waals surface area contributed by atoms with Crippen LogP contribution >= 0.6 is 11.6 Å². The van der Waals surface area contributed by atoms with E-state index in [9.17, 15) is 13.6 Å². The van der Waals surface area contributed by atoms with Crippen LogP contribution in [0.2, 0.25) is 5.02 Å². The standard InChI is InChI=1S/C28H27ClF2N6O2/c1-39-14-13-36-16-21(19-7-8-22(30)23(31)15-19)24(17-36)33-28(38)34-27-25(29)26(18-9-11-32-12-10-18)35-37(27)20-5-3-2-4-6-20/h2-12,15,21,24H,13-14,16-17H2,1H3,(H2,33,34,38). The molecule has 2 aromatic carbocycles. The molecule has 5 rings (SSSR count). The van der Waals surface area contributed by atoms with Gasteiger partial charge in [-0.3, -0.25) is 15.2 Å². The molecule has 0 bridgehead atoms. The van der Waals surface area contributed by atoms with E-state index in [0.717, 1.165) is 11.6 Å². The number of hydrogen-bond donors (Lipinski definition) is 2. The summed E-state index contributed by atoms with van der Waals surface area (Å²) < 4.78 is 34.5. The van der Waals surface area contributed by atoms with Gasteiger partial charge < -0.3 is 10.1 Å². The molecular weight excluding hydrogens is 526 g/mol. The normalized spacial score (nSPS) is 17.3. The summed E-state index contributed by atoms with van der Waals surface area (Å²) >= 11 is 6.77. The van der Waals surface area contributed by atoms with Gasteiger partial charge in [0.15, 0.2) is 17.5 Å². The van der Waals surface area contributed by atoms with Crippen LogP contribution in [0.4, 0.5) is 19.4 Å². The highest BCUT2D eigenvalue weighted by atomic mass is 35.5. The summed E-state index contributed by atoms with van der Waals surface area (Å²) in [6, 6.07) is 15.9. The van der Waals surface area contributed by atoms with E-state index >= 15 is 0 Å². The van der Waals surface area contributed by atoms with Crippen LogP contribution < -0.4 is 10.6 Å². The average Bonchev–Trinajstić information content (AvgIpc) is 3.50. The maximum Gasteiger partial charge on any atom is 0.320 e. The van der Waals surface area contributed by atoms with Gasteiger partial charge in [-0.25, -0.2) is 18.3 Å². The van der Waals surface area contributed by atoms with Crippen molar-refractivity contribution < 1.29 is 18.3 Å². The van der Waals surface area contributed by atoms with Crippen molar-refractivity contribution in [3.05, 3.63) is 95.3 Å². The fourth-order valence-electron chi connectivity index (χ4n) is 4.78. The molecule has 3 heterocycles. The van der Waals surface area contributed by atoms with E-state index in [2.05, 4.69) is 25.6 Å². The number of urea groups is 1. The number of carbonyl (C=O) groups is 1. The van der Waals surface area contributed by atoms with Gasteiger partial charge in [0.2, 0.25) is 0 Å². The van der Waals surface area contributed by atoms with Gasteiger partial charge in [-0.2, -0.15) is 5.10 Å². The molecule has 2 atom stereocenters. The van der Waals surface area contributed by atoms with Crippen LogP contribution in [0.3, 0.4) is 0 Å². The molecule has 1 saturated heterocycles. The number of pyridine rings is 1. The van der Waals surface area contributed by atoms with Crippen LogP contribution in [0.15, 0.2) is 73.1 Å². The number of para-hydroxylation sites is 1. The highest BCUT2D eigenvalue weighted by Gasteiger charge is 2.35. The molecule has 4 aromatic rings. The Balaban J connectivity index is 1.42. The summed E-state index contributed by atoms with van der Waals surface area (Å²) in [7, 11) is 1.62. The average molecular weight is 553 g/mol. The zero-order chi connectivity index (χ0) is 27.4. The fraction of sp³-hybridized carbons (Fsp3) is 0.250. The van der Waals surface area contributed by atoms with E-state index < -0.39 is 17.7 Å². The van der Waals surface area contributed by atoms with Crippen molar-refractivity contribution >= 4 is 23.4 Å². The van der Waals surface area contributed by atoms with Crippen molar-refractivity contribution in [3.63, 3.8) is 0 Å². The van der Waals surface area contributed by atoms with Crippen LogP contribution in [0, 0.1) is 11.6 Å². The van der Waals surface area contributed by atoms with Gasteiger partial charge in [0, 0.05) is 50.6 Å². The summed E-state index contributed by atoms with van der Waals surface area (Å²) in [6.45, 7) is 2.20. The number of likely N-dealkylation sites (tertiary alicyclic amines) is 1. The second-order valence-corrected chi connectivity index (χ2v) is 9.61. The predicted molar refractivity (Wildman–Crippen MR) is 145 cm³/mol. The predicted octanol–water partition coefficient (Wildman–Crippen LogP) is 5.10. The van der Waals surface area contributed by atoms with Gasteiger partial charge >= 0.3 is 6.03 Å². The molecule has 2 aromatic heterocycles. The number of ether oxygens (including phenoxy) is 1. The van der Waals surface area contributed by atoms with Gasteiger partial charge in [-0.1, -0.05) is 35.9 Å². The highest BCUT2D eigenvalue weighted by Crippen LogP contribution is 2.35. The third-order valence-corrected chi connectivity index (χ3v) is 7.07. The van der Waals surface area contributed by atoms with Crippen molar-refractivity contribution in [3.8, 4) is 16.9 Å². The Morgan fingerprint density at radius 1 is 1.08 bits per heavy atom. The highest BCUT2D eigenvalue weighted by molar-refractivity contribution is 6.36. The summed E-state index contributed by atoms with van der Waals surface area (Å²) in [4.78, 5) is 19.5. The summed E-state index contributed by atoms with van der Waals surface area (Å²) in [5.41, 5.74) is 2.55. The zero-order valence-corrected chi connectivity index (χ0v) is 21.9. The Morgan fingerprint density at radius 3 is 2.56 bits per heavy atom. The number of hydrogen-bond acceptors (Lipinski definition) is 5. The summed E-state index contributed by atoms with van der Waals surface area (Å²) in [6.07, 6.45) is 3.28. The van der Waals surface area contributed by atoms with E-state index in [0.29, 0.717) is 49.0 Å². The van der Waals surface area contributed by atoms with Gasteiger partial charge in [-0.05, 0) is 42.0 Å². The van der Waals surface area contributed by atoms with E-state index in [1.807, 2.05) is 30.3 Å². The van der Waals surface area contributed by atoms with Crippen LogP contribution in [-0.2, 0) is 4.74 Å². The van der Waals surface area contributed by atoms with E-state index in [1.165, 1.54) is 6.07 Å². The number of nitrogens with zero attached hydrogens (tertiary/aromatic N) is 4. The lowest BCUT2D eigenvalue weighted by Crippen LogP contribution is -2.42. The number of carbonyl (C=O) groups excluding carboxylic acids is 1. The Labute approximate surface area is 229 Å². The molecule has 0 radical (unpaired) electrons. The number of benzene rings is 2. The Bertz CT molecular complexity index is 1440. The minimum absolute atomic E-state index is 0.260. The first-order valence-corrected chi connectivity index (χ1v) is 12.8. The van der Waals surface area contributed by atoms with Crippen LogP contribution in [-0.4, -0.2) is 65.1 Å². The number of rotatable bonds is 8. The zero-order valence-electron chi connectivity index (χ0n) is 21.2. The van der Waals surface area contributed by atoms with Crippen molar-refractivity contribution in [2.75, 3.05) is 38.7 Å². The first-order chi connectivity index (χ1) is 18.9. The summed E-state index contributed by atoms with van der Waals surface area (Å²) in [5.74, 6) is -1.80. The molecule has 1 fully saturated rings. The first-order valence-electron chi connectivity index (χ1n) is 12.4. The molecule has 39 heavy (non-hydrogen) atoms. The molecule has 8 nitrogen and oxygen atoms in total. The first kappa shape index (κ1) is 26.7. The smallest absolute Gasteiger partial charge is 0.320 e. The van der Waals surface area contributed by atoms with Crippen LogP contribution in [0.1, 0.15) is 11.5 Å². The van der Waals surface area contributed by atoms with Crippen molar-refractivity contribution in [2.24, 2.45) is 0 Å². The lowest BCUT2D eigenvalue weighted by molar-refractivity contribution is 0.159. The number of methoxy groups -OCH3 is 1. The molecule has 1 aliphatic rings. The number of aromatic nitrogens is 3. The van der Waals surface area contributed by atoms with Crippen molar-refractivity contribution in [2.45, 2.75) is 12.0 Å². The molecule has 0 spiro atoms. The van der Waals surface area contributed by atoms with Gasteiger partial charge in [0.25, 0.3) is 0 Å². The van der Waals surface area contributed by atoms with Crippen molar-refractivity contribution in [1.29, 1.82) is 0 Å².